The lowest BCUT2D eigenvalue weighted by atomic mass is 9.97. The van der Waals surface area contributed by atoms with Gasteiger partial charge in [-0.3, -0.25) is 4.79 Å². The van der Waals surface area contributed by atoms with Gasteiger partial charge in [-0.1, -0.05) is 54.6 Å². The topological polar surface area (TPSA) is 51.0 Å². The molecule has 0 bridgehead atoms. The Morgan fingerprint density at radius 1 is 0.769 bits per heavy atom. The second kappa shape index (κ2) is 5.77. The van der Waals surface area contributed by atoms with Crippen molar-refractivity contribution in [3.8, 4) is 5.75 Å². The molecule has 0 aliphatic carbocycles. The summed E-state index contributed by atoms with van der Waals surface area (Å²) in [6.45, 7) is 0.451. The number of carbonyl (C=O) groups excluding carboxylic acids is 1. The summed E-state index contributed by atoms with van der Waals surface area (Å²) in [7, 11) is 0. The molecule has 4 heteroatoms. The molecule has 0 aromatic heterocycles. The summed E-state index contributed by atoms with van der Waals surface area (Å²) in [5, 5.41) is 11.7. The van der Waals surface area contributed by atoms with Crippen molar-refractivity contribution >= 4 is 33.1 Å². The van der Waals surface area contributed by atoms with Crippen molar-refractivity contribution < 1.29 is 9.53 Å². The summed E-state index contributed by atoms with van der Waals surface area (Å²) in [4.78, 5) is 12.2. The maximum atomic E-state index is 12.2. The normalized spacial score (nSPS) is 12.7. The molecule has 124 valence electrons. The Kier molecular flexibility index (Phi) is 3.28. The fourth-order valence-electron chi connectivity index (χ4n) is 3.37. The quantitative estimate of drug-likeness (QED) is 0.443. The van der Waals surface area contributed by atoms with E-state index in [0.29, 0.717) is 23.6 Å². The van der Waals surface area contributed by atoms with Gasteiger partial charge in [0, 0.05) is 16.8 Å². The van der Waals surface area contributed by atoms with Crippen LogP contribution in [0.5, 0.6) is 5.75 Å². The maximum Gasteiger partial charge on any atom is 0.298 e. The van der Waals surface area contributed by atoms with Crippen LogP contribution in [0.25, 0.3) is 21.5 Å². The Morgan fingerprint density at radius 2 is 1.46 bits per heavy atom. The van der Waals surface area contributed by atoms with Crippen molar-refractivity contribution in [3.63, 3.8) is 0 Å². The zero-order valence-electron chi connectivity index (χ0n) is 13.8. The third kappa shape index (κ3) is 2.35. The molecule has 0 fully saturated rings. The minimum atomic E-state index is -0.296. The minimum Gasteiger partial charge on any atom is -0.488 e. The van der Waals surface area contributed by atoms with Crippen molar-refractivity contribution in [2.75, 3.05) is 0 Å². The number of rotatable bonds is 3. The molecule has 4 aromatic carbocycles. The summed E-state index contributed by atoms with van der Waals surface area (Å²) in [5.74, 6) is 0.414. The van der Waals surface area contributed by atoms with Crippen LogP contribution >= 0.6 is 0 Å². The maximum absolute atomic E-state index is 12.2. The average Bonchev–Trinajstić information content (AvgIpc) is 3.06. The molecule has 0 saturated carbocycles. The van der Waals surface area contributed by atoms with E-state index in [9.17, 15) is 4.79 Å². The Hall–Kier alpha value is -3.53. The first kappa shape index (κ1) is 14.8. The third-order valence-corrected chi connectivity index (χ3v) is 4.64. The number of carbonyl (C=O) groups is 1. The van der Waals surface area contributed by atoms with Gasteiger partial charge in [-0.25, -0.2) is 0 Å². The van der Waals surface area contributed by atoms with Crippen LogP contribution in [0.2, 0.25) is 0 Å². The van der Waals surface area contributed by atoms with Gasteiger partial charge < -0.3 is 4.74 Å². The summed E-state index contributed by atoms with van der Waals surface area (Å²) in [6, 6.07) is 24.0. The Morgan fingerprint density at radius 3 is 2.23 bits per heavy atom. The molecule has 4 nitrogen and oxygen atoms in total. The van der Waals surface area contributed by atoms with Gasteiger partial charge >= 0.3 is 0 Å². The first-order chi connectivity index (χ1) is 12.8. The molecule has 0 radical (unpaired) electrons. The molecule has 4 aromatic rings. The molecule has 5 rings (SSSR count). The van der Waals surface area contributed by atoms with Crippen molar-refractivity contribution in [1.29, 1.82) is 0 Å². The van der Waals surface area contributed by atoms with E-state index in [1.54, 1.807) is 0 Å². The van der Waals surface area contributed by atoms with Gasteiger partial charge in [0.1, 0.15) is 18.0 Å². The number of azo groups is 1. The lowest BCUT2D eigenvalue weighted by Crippen LogP contribution is -1.98. The zero-order valence-corrected chi connectivity index (χ0v) is 13.8. The Bertz CT molecular complexity index is 1200. The average molecular weight is 338 g/mol. The molecule has 0 saturated heterocycles. The van der Waals surface area contributed by atoms with Gasteiger partial charge in [0.15, 0.2) is 0 Å². The van der Waals surface area contributed by atoms with Crippen molar-refractivity contribution in [2.45, 2.75) is 6.61 Å². The van der Waals surface area contributed by atoms with Crippen LogP contribution in [0.15, 0.2) is 83.0 Å². The fraction of sp³-hybridized carbons (Fsp3) is 0.0455. The molecule has 0 N–H and O–H groups in total. The SMILES string of the molecule is O=C1N=Nc2cc(OCc3ccccc3)c3cc4ccccc4cc3c21. The number of benzene rings is 4. The molecule has 1 aliphatic rings. The van der Waals surface area contributed by atoms with E-state index in [-0.39, 0.29) is 5.91 Å². The first-order valence-corrected chi connectivity index (χ1v) is 8.42. The molecule has 0 atom stereocenters. The van der Waals surface area contributed by atoms with E-state index in [4.69, 9.17) is 4.74 Å². The van der Waals surface area contributed by atoms with Crippen LogP contribution in [0.1, 0.15) is 15.9 Å². The number of ether oxygens (including phenoxy) is 1. The lowest BCUT2D eigenvalue weighted by Gasteiger charge is -2.13. The highest BCUT2D eigenvalue weighted by atomic mass is 16.5. The van der Waals surface area contributed by atoms with E-state index >= 15 is 0 Å². The molecule has 0 unspecified atom stereocenters. The number of hydrogen-bond acceptors (Lipinski definition) is 3. The molecule has 0 spiro atoms. The molecular weight excluding hydrogens is 324 g/mol. The number of nitrogens with zero attached hydrogens (tertiary/aromatic N) is 2. The summed E-state index contributed by atoms with van der Waals surface area (Å²) in [6.07, 6.45) is 0. The van der Waals surface area contributed by atoms with E-state index < -0.39 is 0 Å². The van der Waals surface area contributed by atoms with Crippen LogP contribution < -0.4 is 4.74 Å². The fourth-order valence-corrected chi connectivity index (χ4v) is 3.37. The monoisotopic (exact) mass is 338 g/mol. The van der Waals surface area contributed by atoms with Crippen molar-refractivity contribution in [2.24, 2.45) is 10.2 Å². The van der Waals surface area contributed by atoms with Gasteiger partial charge in [0.05, 0.1) is 5.56 Å². The van der Waals surface area contributed by atoms with Gasteiger partial charge in [-0.2, -0.15) is 0 Å². The van der Waals surface area contributed by atoms with Gasteiger partial charge in [-0.05, 0) is 28.5 Å². The predicted octanol–water partition coefficient (Wildman–Crippen LogP) is 5.81. The largest absolute Gasteiger partial charge is 0.488 e. The number of fused-ring (bicyclic) bond motifs is 4. The van der Waals surface area contributed by atoms with Crippen LogP contribution in [0, 0.1) is 0 Å². The smallest absolute Gasteiger partial charge is 0.298 e. The predicted molar refractivity (Wildman–Crippen MR) is 101 cm³/mol. The van der Waals surface area contributed by atoms with E-state index in [2.05, 4.69) is 22.4 Å². The Labute approximate surface area is 149 Å². The number of amides is 1. The lowest BCUT2D eigenvalue weighted by molar-refractivity contribution is 0.100. The molecular formula is C22H14N2O2. The highest BCUT2D eigenvalue weighted by Crippen LogP contribution is 2.41. The summed E-state index contributed by atoms with van der Waals surface area (Å²) >= 11 is 0. The second-order valence-corrected chi connectivity index (χ2v) is 6.29. The molecule has 1 heterocycles. The van der Waals surface area contributed by atoms with E-state index in [1.165, 1.54) is 0 Å². The Balaban J connectivity index is 1.70. The third-order valence-electron chi connectivity index (χ3n) is 4.64. The molecule has 26 heavy (non-hydrogen) atoms. The second-order valence-electron chi connectivity index (χ2n) is 6.29. The van der Waals surface area contributed by atoms with Crippen LogP contribution in [0.3, 0.4) is 0 Å². The molecule has 1 amide bonds. The van der Waals surface area contributed by atoms with Crippen LogP contribution in [-0.4, -0.2) is 5.91 Å². The van der Waals surface area contributed by atoms with Gasteiger partial charge in [-0.15, -0.1) is 10.2 Å². The van der Waals surface area contributed by atoms with E-state index in [0.717, 1.165) is 27.1 Å². The summed E-state index contributed by atoms with van der Waals surface area (Å²) < 4.78 is 6.10. The van der Waals surface area contributed by atoms with Crippen molar-refractivity contribution in [3.05, 3.63) is 83.9 Å². The van der Waals surface area contributed by atoms with Crippen LogP contribution in [0.4, 0.5) is 5.69 Å². The first-order valence-electron chi connectivity index (χ1n) is 8.42. The summed E-state index contributed by atoms with van der Waals surface area (Å²) in [5.41, 5.74) is 2.21. The van der Waals surface area contributed by atoms with Gasteiger partial charge in [0.25, 0.3) is 5.91 Å². The van der Waals surface area contributed by atoms with E-state index in [1.807, 2.05) is 60.7 Å². The zero-order chi connectivity index (χ0) is 17.5. The number of hydrogen-bond donors (Lipinski definition) is 0. The molecule has 1 aliphatic heterocycles. The van der Waals surface area contributed by atoms with Crippen LogP contribution in [-0.2, 0) is 6.61 Å². The minimum absolute atomic E-state index is 0.296. The van der Waals surface area contributed by atoms with Crippen molar-refractivity contribution in [1.82, 2.24) is 0 Å². The highest BCUT2D eigenvalue weighted by Gasteiger charge is 2.23. The van der Waals surface area contributed by atoms with Gasteiger partial charge in [0.2, 0.25) is 0 Å². The highest BCUT2D eigenvalue weighted by molar-refractivity contribution is 6.17. The standard InChI is InChI=1S/C22H14N2O2/c25-22-21-18-11-16-9-5-4-8-15(16)10-17(18)20(12-19(21)23-24-22)26-13-14-6-2-1-3-7-14/h1-12H,13H2.